The number of hydrogen-bond acceptors (Lipinski definition) is 6. The van der Waals surface area contributed by atoms with Crippen molar-refractivity contribution >= 4 is 68.2 Å². The van der Waals surface area contributed by atoms with Crippen molar-refractivity contribution in [2.24, 2.45) is 17.8 Å². The Hall–Kier alpha value is -11.2. The third-order valence-corrected chi connectivity index (χ3v) is 20.3. The molecule has 14 rings (SSSR count). The summed E-state index contributed by atoms with van der Waals surface area (Å²) in [5.74, 6) is 3.08. The highest BCUT2D eigenvalue weighted by Gasteiger charge is 2.34. The lowest BCUT2D eigenvalue weighted by molar-refractivity contribution is -0.136. The molecule has 0 aliphatic carbocycles. The van der Waals surface area contributed by atoms with Crippen LogP contribution in [-0.4, -0.2) is 139 Å². The van der Waals surface area contributed by atoms with Crippen LogP contribution in [0.15, 0.2) is 237 Å². The van der Waals surface area contributed by atoms with Crippen LogP contribution in [0.3, 0.4) is 0 Å². The van der Waals surface area contributed by atoms with Crippen molar-refractivity contribution in [2.45, 2.75) is 84.7 Å². The molecule has 15 heteroatoms. The molecule has 0 unspecified atom stereocenters. The van der Waals surface area contributed by atoms with E-state index in [1.54, 1.807) is 4.90 Å². The molecule has 3 fully saturated rings. The summed E-state index contributed by atoms with van der Waals surface area (Å²) in [5, 5.41) is 3.15. The molecule has 11 aromatic rings. The number of carbonyl (C=O) groups is 6. The lowest BCUT2D eigenvalue weighted by atomic mass is 9.95. The maximum atomic E-state index is 13.7. The molecule has 0 spiro atoms. The highest BCUT2D eigenvalue weighted by Crippen LogP contribution is 2.31. The van der Waals surface area contributed by atoms with E-state index in [2.05, 4.69) is 82.6 Å². The second-order valence-electron chi connectivity index (χ2n) is 27.4. The summed E-state index contributed by atoms with van der Waals surface area (Å²) in [4.78, 5) is 90.7. The summed E-state index contributed by atoms with van der Waals surface area (Å²) in [7, 11) is 5.59. The van der Waals surface area contributed by atoms with Gasteiger partial charge >= 0.3 is 0 Å². The van der Waals surface area contributed by atoms with Crippen molar-refractivity contribution in [2.75, 3.05) is 60.4 Å². The summed E-state index contributed by atoms with van der Waals surface area (Å²) in [5.41, 5.74) is 12.1. The van der Waals surface area contributed by atoms with Gasteiger partial charge in [0, 0.05) is 144 Å². The van der Waals surface area contributed by atoms with Gasteiger partial charge in [0.05, 0.1) is 6.54 Å². The molecule has 520 valence electrons. The van der Waals surface area contributed by atoms with E-state index in [-0.39, 0.29) is 53.2 Å². The van der Waals surface area contributed by atoms with Gasteiger partial charge in [0.15, 0.2) is 0 Å². The predicted molar refractivity (Wildman–Crippen MR) is 405 cm³/mol. The van der Waals surface area contributed by atoms with Gasteiger partial charge in [-0.3, -0.25) is 28.8 Å². The van der Waals surface area contributed by atoms with Crippen LogP contribution in [0.25, 0.3) is 32.7 Å². The van der Waals surface area contributed by atoms with Crippen LogP contribution in [0.1, 0.15) is 103 Å². The molecule has 0 bridgehead atoms. The lowest BCUT2D eigenvalue weighted by Gasteiger charge is -2.33. The van der Waals surface area contributed by atoms with Crippen molar-refractivity contribution in [1.29, 1.82) is 0 Å². The summed E-state index contributed by atoms with van der Waals surface area (Å²) in [6.07, 6.45) is 9.70. The van der Waals surface area contributed by atoms with Gasteiger partial charge in [0.2, 0.25) is 17.7 Å². The zero-order valence-corrected chi connectivity index (χ0v) is 59.0. The number of likely N-dealkylation sites (tertiary alicyclic amines) is 3. The predicted octanol–water partition coefficient (Wildman–Crippen LogP) is 14.5. The first-order valence-electron chi connectivity index (χ1n) is 35.7. The Morgan fingerprint density at radius 2 is 0.618 bits per heavy atom. The second-order valence-corrected chi connectivity index (χ2v) is 27.4. The highest BCUT2D eigenvalue weighted by molar-refractivity contribution is 6.01. The Balaban J connectivity index is 0.000000145. The first-order chi connectivity index (χ1) is 49.7. The van der Waals surface area contributed by atoms with E-state index < -0.39 is 0 Å². The zero-order chi connectivity index (χ0) is 71.1. The monoisotopic (exact) mass is 1360 g/mol. The molecule has 6 heterocycles. The Morgan fingerprint density at radius 1 is 0.353 bits per heavy atom. The Kier molecular flexibility index (Phi) is 23.0. The van der Waals surface area contributed by atoms with E-state index >= 15 is 0 Å². The number of aromatic nitrogens is 3. The smallest absolute Gasteiger partial charge is 0.270 e. The molecular weight excluding hydrogens is 1270 g/mol. The topological polar surface area (TPSA) is 137 Å². The zero-order valence-electron chi connectivity index (χ0n) is 59.0. The van der Waals surface area contributed by atoms with Crippen LogP contribution < -0.4 is 0 Å². The molecule has 3 aliphatic rings. The van der Waals surface area contributed by atoms with Gasteiger partial charge in [-0.1, -0.05) is 212 Å². The summed E-state index contributed by atoms with van der Waals surface area (Å²) in [6, 6.07) is 79.0. The quantitative estimate of drug-likeness (QED) is 0.0833. The van der Waals surface area contributed by atoms with Gasteiger partial charge in [-0.2, -0.15) is 0 Å². The fourth-order valence-corrected chi connectivity index (χ4v) is 14.6. The van der Waals surface area contributed by atoms with Crippen molar-refractivity contribution in [3.05, 3.63) is 287 Å². The van der Waals surface area contributed by atoms with Gasteiger partial charge < -0.3 is 43.1 Å². The van der Waals surface area contributed by atoms with E-state index in [1.807, 2.05) is 226 Å². The molecule has 0 atom stereocenters. The van der Waals surface area contributed by atoms with Crippen LogP contribution in [0, 0.1) is 37.0 Å². The summed E-state index contributed by atoms with van der Waals surface area (Å²) in [6.45, 7) is 9.09. The van der Waals surface area contributed by atoms with Gasteiger partial charge in [0.1, 0.15) is 17.1 Å². The average Bonchev–Trinajstić information content (AvgIpc) is 1.64. The van der Waals surface area contributed by atoms with Gasteiger partial charge in [-0.25, -0.2) is 0 Å². The fraction of sp³-hybridized carbons (Fsp3) is 0.287. The van der Waals surface area contributed by atoms with Crippen LogP contribution in [-0.2, 0) is 53.7 Å². The maximum Gasteiger partial charge on any atom is 0.270 e. The normalized spacial score (nSPS) is 14.3. The van der Waals surface area contributed by atoms with Crippen molar-refractivity contribution in [1.82, 2.24) is 43.1 Å². The average molecular weight is 1360 g/mol. The molecule has 15 nitrogen and oxygen atoms in total. The Bertz CT molecular complexity index is 4730. The first kappa shape index (κ1) is 70.6. The number of benzene rings is 8. The number of rotatable bonds is 17. The van der Waals surface area contributed by atoms with Gasteiger partial charge in [-0.05, 0) is 110 Å². The number of nitrogens with zero attached hydrogens (tertiary/aromatic N) is 9. The number of terminal acetylenes is 1. The van der Waals surface area contributed by atoms with Crippen LogP contribution in [0.2, 0.25) is 0 Å². The third-order valence-electron chi connectivity index (χ3n) is 20.3. The first-order valence-corrected chi connectivity index (χ1v) is 35.7. The maximum absolute atomic E-state index is 13.7. The minimum atomic E-state index is -0.0469. The molecule has 3 saturated heterocycles. The van der Waals surface area contributed by atoms with Crippen molar-refractivity contribution in [3.8, 4) is 12.3 Å². The van der Waals surface area contributed by atoms with Crippen LogP contribution >= 0.6 is 0 Å². The molecule has 3 aliphatic heterocycles. The van der Waals surface area contributed by atoms with Crippen LogP contribution in [0.4, 0.5) is 0 Å². The number of fused-ring (bicyclic) bond motifs is 3. The minimum Gasteiger partial charge on any atom is -0.341 e. The minimum absolute atomic E-state index is 0.0185. The summed E-state index contributed by atoms with van der Waals surface area (Å²) < 4.78 is 6.16. The van der Waals surface area contributed by atoms with Crippen LogP contribution in [0.5, 0.6) is 0 Å². The number of piperidine rings is 3. The number of amides is 6. The lowest BCUT2D eigenvalue weighted by Crippen LogP contribution is -2.43. The van der Waals surface area contributed by atoms with Crippen molar-refractivity contribution in [3.63, 3.8) is 0 Å². The standard InChI is InChI=1S/C31H33N3O2.C30H31N3O2.C26H27N3O2/c1-23-12-14-25(15-13-23)22-34-28-11-7-6-10-27(28)20-29(34)31(36)33-18-16-26(17-19-33)30(35)32(2)21-24-8-4-3-5-9-24;1-31(21-23-10-4-2-5-11-23)29(34)25-16-18-32(19-17-25)30(35)28-20-26-14-8-9-15-27(26)33(28)22-24-12-6-3-7-13-24;1-3-15-29-23-12-8-7-11-22(23)18-24(29)26(31)28-16-13-21(14-17-28)25(30)27(2)19-20-9-5-4-6-10-20/h3-15,20,26H,16-19,21-22H2,1-2H3;2-15,20,25H,16-19,21-22H2,1H3;1,4-12,18,21H,13-17,19H2,2H3. The molecule has 8 aromatic carbocycles. The molecule has 6 amide bonds. The number of carbonyl (C=O) groups excluding carboxylic acids is 6. The van der Waals surface area contributed by atoms with E-state index in [4.69, 9.17) is 6.42 Å². The van der Waals surface area contributed by atoms with E-state index in [1.165, 1.54) is 11.1 Å². The molecule has 0 saturated carbocycles. The fourth-order valence-electron chi connectivity index (χ4n) is 14.6. The number of para-hydroxylation sites is 3. The number of aryl methyl sites for hydroxylation is 1. The molecule has 3 aromatic heterocycles. The molecule has 0 N–H and O–H groups in total. The Labute approximate surface area is 599 Å². The largest absolute Gasteiger partial charge is 0.341 e. The van der Waals surface area contributed by atoms with E-state index in [9.17, 15) is 28.8 Å². The Morgan fingerprint density at radius 3 is 0.931 bits per heavy atom. The highest BCUT2D eigenvalue weighted by atomic mass is 16.2. The molecule has 0 radical (unpaired) electrons. The van der Waals surface area contributed by atoms with Crippen molar-refractivity contribution < 1.29 is 28.8 Å². The van der Waals surface area contributed by atoms with Gasteiger partial charge in [0.25, 0.3) is 17.7 Å². The van der Waals surface area contributed by atoms with E-state index in [0.29, 0.717) is 134 Å². The SMILES string of the molecule is C#CCn1c(C(=O)N2CCC(C(=O)N(C)Cc3ccccc3)CC2)cc2ccccc21.CN(Cc1ccccc1)C(=O)C1CCN(C(=O)c2cc3ccccc3n2Cc2ccccc2)CC1.Cc1ccc(Cn2c(C(=O)N3CCC(C(=O)N(C)Cc4ccccc4)CC3)cc3ccccc32)cc1. The number of hydrogen-bond donors (Lipinski definition) is 0. The third kappa shape index (κ3) is 17.0. The molecule has 102 heavy (non-hydrogen) atoms. The molecular formula is C87H91N9O6. The van der Waals surface area contributed by atoms with E-state index in [0.717, 1.165) is 55.0 Å². The summed E-state index contributed by atoms with van der Waals surface area (Å²) >= 11 is 0. The second kappa shape index (κ2) is 33.3. The van der Waals surface area contributed by atoms with Gasteiger partial charge in [-0.15, -0.1) is 6.42 Å².